The lowest BCUT2D eigenvalue weighted by atomic mass is 10.1. The molecule has 0 saturated carbocycles. The number of hydrogen-bond acceptors (Lipinski definition) is 3. The number of halogens is 1. The van der Waals surface area contributed by atoms with Gasteiger partial charge in [-0.25, -0.2) is 0 Å². The Bertz CT molecular complexity index is 824. The minimum atomic E-state index is -0.532. The number of hydrogen-bond donors (Lipinski definition) is 1. The molecule has 0 aliphatic heterocycles. The number of nitrogens with zero attached hydrogens (tertiary/aromatic N) is 1. The van der Waals surface area contributed by atoms with Crippen LogP contribution >= 0.6 is 27.7 Å². The van der Waals surface area contributed by atoms with Crippen LogP contribution in [0.15, 0.2) is 53.0 Å². The number of carbonyl (C=O) groups is 2. The van der Waals surface area contributed by atoms with E-state index in [1.54, 1.807) is 23.6 Å². The summed E-state index contributed by atoms with van der Waals surface area (Å²) >= 11 is 5.02. The largest absolute Gasteiger partial charge is 0.352 e. The molecule has 0 aromatic heterocycles. The first-order chi connectivity index (χ1) is 14.3. The summed E-state index contributed by atoms with van der Waals surface area (Å²) in [5.41, 5.74) is 3.42. The van der Waals surface area contributed by atoms with Crippen LogP contribution in [-0.2, 0) is 21.9 Å². The summed E-state index contributed by atoms with van der Waals surface area (Å²) in [7, 11) is 0. The highest BCUT2D eigenvalue weighted by Gasteiger charge is 2.26. The molecule has 0 bridgehead atoms. The molecule has 2 rings (SSSR count). The van der Waals surface area contributed by atoms with E-state index in [-0.39, 0.29) is 17.9 Å². The molecule has 2 aromatic rings. The Labute approximate surface area is 192 Å². The molecule has 1 N–H and O–H groups in total. The molecule has 0 aliphatic rings. The van der Waals surface area contributed by atoms with Crippen molar-refractivity contribution in [3.05, 3.63) is 69.7 Å². The Hall–Kier alpha value is -1.79. The lowest BCUT2D eigenvalue weighted by molar-refractivity contribution is -0.138. The van der Waals surface area contributed by atoms with E-state index in [1.165, 1.54) is 11.1 Å². The van der Waals surface area contributed by atoms with Gasteiger partial charge in [-0.3, -0.25) is 9.59 Å². The van der Waals surface area contributed by atoms with Crippen molar-refractivity contribution in [3.8, 4) is 0 Å². The van der Waals surface area contributed by atoms with E-state index in [1.807, 2.05) is 38.1 Å². The average Bonchev–Trinajstić information content (AvgIpc) is 2.74. The van der Waals surface area contributed by atoms with E-state index >= 15 is 0 Å². The van der Waals surface area contributed by atoms with Crippen LogP contribution in [0.4, 0.5) is 0 Å². The van der Waals surface area contributed by atoms with Crippen molar-refractivity contribution in [2.24, 2.45) is 0 Å². The van der Waals surface area contributed by atoms with Gasteiger partial charge in [-0.2, -0.15) is 0 Å². The van der Waals surface area contributed by atoms with Crippen molar-refractivity contribution in [1.82, 2.24) is 10.2 Å². The molecule has 2 atom stereocenters. The molecule has 0 spiro atoms. The van der Waals surface area contributed by atoms with Gasteiger partial charge in [0.2, 0.25) is 11.8 Å². The van der Waals surface area contributed by atoms with Gasteiger partial charge in [0.1, 0.15) is 6.04 Å². The Kier molecular flexibility index (Phi) is 9.92. The first kappa shape index (κ1) is 24.5. The van der Waals surface area contributed by atoms with Gasteiger partial charge in [-0.15, -0.1) is 11.8 Å². The fraction of sp³-hybridized carbons (Fsp3) is 0.417. The van der Waals surface area contributed by atoms with Gasteiger partial charge < -0.3 is 10.2 Å². The number of benzene rings is 2. The fourth-order valence-corrected chi connectivity index (χ4v) is 3.99. The number of amides is 2. The molecule has 2 aromatic carbocycles. The fourth-order valence-electron chi connectivity index (χ4n) is 2.86. The zero-order valence-electron chi connectivity index (χ0n) is 18.2. The number of thioether (sulfide) groups is 1. The highest BCUT2D eigenvalue weighted by atomic mass is 79.9. The first-order valence-electron chi connectivity index (χ1n) is 10.3. The van der Waals surface area contributed by atoms with E-state index in [4.69, 9.17) is 0 Å². The highest BCUT2D eigenvalue weighted by Crippen LogP contribution is 2.18. The zero-order valence-corrected chi connectivity index (χ0v) is 20.6. The number of aryl methyl sites for hydroxylation is 1. The van der Waals surface area contributed by atoms with Gasteiger partial charge >= 0.3 is 0 Å². The van der Waals surface area contributed by atoms with Crippen LogP contribution in [0.2, 0.25) is 0 Å². The number of rotatable bonds is 10. The molecular weight excluding hydrogens is 460 g/mol. The minimum Gasteiger partial charge on any atom is -0.352 e. The lowest BCUT2D eigenvalue weighted by Gasteiger charge is -2.29. The first-order valence-corrected chi connectivity index (χ1v) is 12.2. The van der Waals surface area contributed by atoms with Gasteiger partial charge in [0.05, 0.1) is 5.75 Å². The molecule has 162 valence electrons. The van der Waals surface area contributed by atoms with Crippen LogP contribution in [0.1, 0.15) is 43.9 Å². The summed E-state index contributed by atoms with van der Waals surface area (Å²) in [5.74, 6) is 0.969. The van der Waals surface area contributed by atoms with Gasteiger partial charge in [-0.05, 0) is 50.5 Å². The van der Waals surface area contributed by atoms with Crippen molar-refractivity contribution in [2.45, 2.75) is 58.5 Å². The molecule has 0 saturated heterocycles. The van der Waals surface area contributed by atoms with Crippen LogP contribution in [0, 0.1) is 6.92 Å². The molecule has 0 radical (unpaired) electrons. The van der Waals surface area contributed by atoms with E-state index in [0.717, 1.165) is 22.2 Å². The molecule has 2 amide bonds. The smallest absolute Gasteiger partial charge is 0.242 e. The Morgan fingerprint density at radius 2 is 1.63 bits per heavy atom. The van der Waals surface area contributed by atoms with Crippen molar-refractivity contribution < 1.29 is 9.59 Å². The Morgan fingerprint density at radius 3 is 2.23 bits per heavy atom. The molecule has 30 heavy (non-hydrogen) atoms. The molecule has 0 fully saturated rings. The monoisotopic (exact) mass is 490 g/mol. The summed E-state index contributed by atoms with van der Waals surface area (Å²) in [4.78, 5) is 27.5. The molecule has 6 heteroatoms. The van der Waals surface area contributed by atoms with Crippen molar-refractivity contribution >= 4 is 39.5 Å². The third-order valence-corrected chi connectivity index (χ3v) is 6.57. The maximum absolute atomic E-state index is 13.1. The van der Waals surface area contributed by atoms with Crippen molar-refractivity contribution in [1.29, 1.82) is 0 Å². The Balaban J connectivity index is 2.06. The summed E-state index contributed by atoms with van der Waals surface area (Å²) in [6, 6.07) is 15.8. The molecule has 4 nitrogen and oxygen atoms in total. The van der Waals surface area contributed by atoms with E-state index in [9.17, 15) is 9.59 Å². The topological polar surface area (TPSA) is 49.4 Å². The quantitative estimate of drug-likeness (QED) is 0.489. The van der Waals surface area contributed by atoms with Crippen molar-refractivity contribution in [2.75, 3.05) is 5.75 Å². The highest BCUT2D eigenvalue weighted by molar-refractivity contribution is 9.10. The molecule has 0 aliphatic carbocycles. The second-order valence-electron chi connectivity index (χ2n) is 7.62. The van der Waals surface area contributed by atoms with Gasteiger partial charge in [0.25, 0.3) is 0 Å². The molecule has 0 unspecified atom stereocenters. The van der Waals surface area contributed by atoms with Crippen LogP contribution in [0.5, 0.6) is 0 Å². The van der Waals surface area contributed by atoms with Gasteiger partial charge in [0.15, 0.2) is 0 Å². The normalized spacial score (nSPS) is 12.8. The second-order valence-corrected chi connectivity index (χ2v) is 9.52. The number of carbonyl (C=O) groups excluding carboxylic acids is 2. The van der Waals surface area contributed by atoms with Gasteiger partial charge in [-0.1, -0.05) is 64.8 Å². The summed E-state index contributed by atoms with van der Waals surface area (Å²) in [6.07, 6.45) is 0.853. The summed E-state index contributed by atoms with van der Waals surface area (Å²) in [5, 5.41) is 3.00. The predicted octanol–water partition coefficient (Wildman–Crippen LogP) is 5.32. The molecular formula is C24H31BrN2O2S. The maximum Gasteiger partial charge on any atom is 0.242 e. The summed E-state index contributed by atoms with van der Waals surface area (Å²) in [6.45, 7) is 8.28. The molecule has 0 heterocycles. The number of nitrogens with one attached hydrogen (secondary N) is 1. The zero-order chi connectivity index (χ0) is 22.1. The summed E-state index contributed by atoms with van der Waals surface area (Å²) < 4.78 is 0.986. The third-order valence-electron chi connectivity index (χ3n) is 5.05. The lowest BCUT2D eigenvalue weighted by Crippen LogP contribution is -2.50. The SMILES string of the molecule is CC[C@H](C)NC(=O)[C@H](C)N(Cc1ccc(Br)cc1)C(=O)CSCc1ccc(C)cc1. The van der Waals surface area contributed by atoms with Gasteiger partial charge in [0, 0.05) is 22.8 Å². The second kappa shape index (κ2) is 12.2. The Morgan fingerprint density at radius 1 is 1.03 bits per heavy atom. The van der Waals surface area contributed by atoms with E-state index < -0.39 is 6.04 Å². The average molecular weight is 491 g/mol. The van der Waals surface area contributed by atoms with Crippen LogP contribution in [0.25, 0.3) is 0 Å². The third kappa shape index (κ3) is 7.80. The van der Waals surface area contributed by atoms with Crippen LogP contribution in [0.3, 0.4) is 0 Å². The van der Waals surface area contributed by atoms with Crippen LogP contribution < -0.4 is 5.32 Å². The minimum absolute atomic E-state index is 0.0261. The van der Waals surface area contributed by atoms with Crippen molar-refractivity contribution in [3.63, 3.8) is 0 Å². The predicted molar refractivity (Wildman–Crippen MR) is 129 cm³/mol. The maximum atomic E-state index is 13.1. The van der Waals surface area contributed by atoms with Crippen LogP contribution in [-0.4, -0.2) is 34.6 Å². The standard InChI is InChI=1S/C24H31BrN2O2S/c1-5-18(3)26-24(29)19(4)27(14-20-10-12-22(25)13-11-20)23(28)16-30-15-21-8-6-17(2)7-9-21/h6-13,18-19H,5,14-16H2,1-4H3,(H,26,29)/t18-,19-/m0/s1. The van der Waals surface area contributed by atoms with E-state index in [2.05, 4.69) is 52.4 Å². The van der Waals surface area contributed by atoms with E-state index in [0.29, 0.717) is 12.3 Å².